The molecule has 1 saturated carbocycles. The molecule has 1 aliphatic rings. The lowest BCUT2D eigenvalue weighted by molar-refractivity contribution is -0.115. The molecule has 1 unspecified atom stereocenters. The maximum Gasteiger partial charge on any atom is 0.237 e. The molecule has 0 bridgehead atoms. The van der Waals surface area contributed by atoms with Crippen LogP contribution in [-0.4, -0.2) is 25.9 Å². The normalized spacial score (nSPS) is 14.9. The van der Waals surface area contributed by atoms with Crippen LogP contribution in [0.5, 0.6) is 0 Å². The van der Waals surface area contributed by atoms with Gasteiger partial charge in [0, 0.05) is 23.5 Å². The monoisotopic (exact) mass is 378 g/mol. The predicted molar refractivity (Wildman–Crippen MR) is 110 cm³/mol. The highest BCUT2D eigenvalue weighted by atomic mass is 32.2. The van der Waals surface area contributed by atoms with Gasteiger partial charge in [0.1, 0.15) is 5.82 Å². The van der Waals surface area contributed by atoms with Gasteiger partial charge in [0.05, 0.1) is 5.25 Å². The van der Waals surface area contributed by atoms with Crippen LogP contribution in [0.1, 0.15) is 31.5 Å². The Bertz CT molecular complexity index is 988. The van der Waals surface area contributed by atoms with Crippen LogP contribution in [0.3, 0.4) is 0 Å². The molecule has 1 N–H and O–H groups in total. The second-order valence-electron chi connectivity index (χ2n) is 6.79. The number of amides is 1. The Morgan fingerprint density at radius 1 is 1.30 bits per heavy atom. The van der Waals surface area contributed by atoms with E-state index in [-0.39, 0.29) is 11.2 Å². The molecule has 1 aromatic heterocycles. The molecule has 1 amide bonds. The Morgan fingerprint density at radius 3 is 2.85 bits per heavy atom. The van der Waals surface area contributed by atoms with Crippen molar-refractivity contribution in [2.75, 3.05) is 5.32 Å². The Labute approximate surface area is 162 Å². The first-order valence-electron chi connectivity index (χ1n) is 9.16. The van der Waals surface area contributed by atoms with E-state index in [1.54, 1.807) is 0 Å². The molecule has 4 rings (SSSR count). The summed E-state index contributed by atoms with van der Waals surface area (Å²) in [7, 11) is 0. The molecule has 2 aromatic carbocycles. The SMILES string of the molecule is C=CCn1c(SC(C)C(=O)Nc2cccc3ccccc23)nnc1C1CC1. The molecular weight excluding hydrogens is 356 g/mol. The van der Waals surface area contributed by atoms with Crippen molar-refractivity contribution in [1.29, 1.82) is 0 Å². The minimum absolute atomic E-state index is 0.0440. The number of benzene rings is 2. The van der Waals surface area contributed by atoms with Gasteiger partial charge in [0.25, 0.3) is 0 Å². The van der Waals surface area contributed by atoms with E-state index in [0.717, 1.165) is 40.3 Å². The summed E-state index contributed by atoms with van der Waals surface area (Å²) < 4.78 is 2.08. The topological polar surface area (TPSA) is 59.8 Å². The van der Waals surface area contributed by atoms with Gasteiger partial charge in [-0.15, -0.1) is 16.8 Å². The lowest BCUT2D eigenvalue weighted by Crippen LogP contribution is -2.23. The van der Waals surface area contributed by atoms with Gasteiger partial charge in [-0.05, 0) is 31.2 Å². The van der Waals surface area contributed by atoms with Crippen LogP contribution in [0.15, 0.2) is 60.3 Å². The zero-order chi connectivity index (χ0) is 18.8. The molecule has 0 spiro atoms. The van der Waals surface area contributed by atoms with Crippen molar-refractivity contribution in [1.82, 2.24) is 14.8 Å². The van der Waals surface area contributed by atoms with E-state index in [1.165, 1.54) is 11.8 Å². The lowest BCUT2D eigenvalue weighted by atomic mass is 10.1. The van der Waals surface area contributed by atoms with Crippen molar-refractivity contribution in [3.63, 3.8) is 0 Å². The number of hydrogen-bond acceptors (Lipinski definition) is 4. The summed E-state index contributed by atoms with van der Waals surface area (Å²) in [5.41, 5.74) is 0.830. The van der Waals surface area contributed by atoms with Gasteiger partial charge in [-0.1, -0.05) is 54.2 Å². The third-order valence-electron chi connectivity index (χ3n) is 4.70. The zero-order valence-electron chi connectivity index (χ0n) is 15.3. The third-order valence-corrected chi connectivity index (χ3v) is 5.78. The van der Waals surface area contributed by atoms with E-state index in [2.05, 4.69) is 26.7 Å². The van der Waals surface area contributed by atoms with E-state index in [9.17, 15) is 4.79 Å². The number of rotatable bonds is 7. The fourth-order valence-corrected chi connectivity index (χ4v) is 3.98. The van der Waals surface area contributed by atoms with Crippen LogP contribution in [-0.2, 0) is 11.3 Å². The molecule has 0 radical (unpaired) electrons. The van der Waals surface area contributed by atoms with Gasteiger partial charge >= 0.3 is 0 Å². The van der Waals surface area contributed by atoms with E-state index in [4.69, 9.17) is 0 Å². The molecule has 1 aliphatic carbocycles. The quantitative estimate of drug-likeness (QED) is 0.482. The number of aromatic nitrogens is 3. The van der Waals surface area contributed by atoms with Crippen molar-refractivity contribution in [2.24, 2.45) is 0 Å². The highest BCUT2D eigenvalue weighted by Crippen LogP contribution is 2.40. The largest absolute Gasteiger partial charge is 0.325 e. The molecule has 27 heavy (non-hydrogen) atoms. The van der Waals surface area contributed by atoms with Crippen LogP contribution in [0, 0.1) is 0 Å². The number of nitrogens with one attached hydrogen (secondary N) is 1. The fourth-order valence-electron chi connectivity index (χ4n) is 3.11. The summed E-state index contributed by atoms with van der Waals surface area (Å²) in [4.78, 5) is 12.8. The highest BCUT2D eigenvalue weighted by molar-refractivity contribution is 8.00. The molecule has 6 heteroatoms. The molecule has 0 aliphatic heterocycles. The Hall–Kier alpha value is -2.60. The van der Waals surface area contributed by atoms with Gasteiger partial charge < -0.3 is 9.88 Å². The van der Waals surface area contributed by atoms with E-state index in [1.807, 2.05) is 55.5 Å². The maximum absolute atomic E-state index is 12.8. The molecule has 3 aromatic rings. The molecule has 0 saturated heterocycles. The second-order valence-corrected chi connectivity index (χ2v) is 8.10. The van der Waals surface area contributed by atoms with Crippen LogP contribution in [0.4, 0.5) is 5.69 Å². The Balaban J connectivity index is 1.50. The van der Waals surface area contributed by atoms with Gasteiger partial charge in [-0.3, -0.25) is 4.79 Å². The summed E-state index contributed by atoms with van der Waals surface area (Å²) in [6.07, 6.45) is 4.17. The fraction of sp³-hybridized carbons (Fsp3) is 0.286. The standard InChI is InChI=1S/C21H22N4OS/c1-3-13-25-19(16-11-12-16)23-24-21(25)27-14(2)20(26)22-18-10-6-8-15-7-4-5-9-17(15)18/h3-10,14,16H,1,11-13H2,2H3,(H,22,26). The number of hydrogen-bond donors (Lipinski definition) is 1. The highest BCUT2D eigenvalue weighted by Gasteiger charge is 2.31. The van der Waals surface area contributed by atoms with Crippen LogP contribution >= 0.6 is 11.8 Å². The van der Waals surface area contributed by atoms with Crippen LogP contribution in [0.25, 0.3) is 10.8 Å². The van der Waals surface area contributed by atoms with E-state index < -0.39 is 0 Å². The van der Waals surface area contributed by atoms with Crippen LogP contribution < -0.4 is 5.32 Å². The number of nitrogens with zero attached hydrogens (tertiary/aromatic N) is 3. The number of fused-ring (bicyclic) bond motifs is 1. The number of anilines is 1. The summed E-state index contributed by atoms with van der Waals surface area (Å²) in [5, 5.41) is 14.4. The van der Waals surface area contributed by atoms with Gasteiger partial charge in [0.2, 0.25) is 5.91 Å². The summed E-state index contributed by atoms with van der Waals surface area (Å²) in [6, 6.07) is 14.0. The van der Waals surface area contributed by atoms with E-state index in [0.29, 0.717) is 12.5 Å². The average Bonchev–Trinajstić information content (AvgIpc) is 3.45. The Kier molecular flexibility index (Phi) is 4.99. The van der Waals surface area contributed by atoms with Crippen molar-refractivity contribution >= 4 is 34.1 Å². The van der Waals surface area contributed by atoms with Gasteiger partial charge in [-0.25, -0.2) is 0 Å². The average molecular weight is 379 g/mol. The number of carbonyl (C=O) groups is 1. The zero-order valence-corrected chi connectivity index (χ0v) is 16.1. The lowest BCUT2D eigenvalue weighted by Gasteiger charge is -2.14. The van der Waals surface area contributed by atoms with Crippen molar-refractivity contribution in [3.8, 4) is 0 Å². The second kappa shape index (κ2) is 7.56. The maximum atomic E-state index is 12.8. The molecule has 1 fully saturated rings. The number of allylic oxidation sites excluding steroid dienone is 1. The van der Waals surface area contributed by atoms with Crippen LogP contribution in [0.2, 0.25) is 0 Å². The first-order chi connectivity index (χ1) is 13.2. The summed E-state index contributed by atoms with van der Waals surface area (Å²) in [6.45, 7) is 6.39. The smallest absolute Gasteiger partial charge is 0.237 e. The molecular formula is C21H22N4OS. The summed E-state index contributed by atoms with van der Waals surface area (Å²) in [5.74, 6) is 1.48. The number of thioether (sulfide) groups is 1. The van der Waals surface area contributed by atoms with Crippen molar-refractivity contribution in [2.45, 2.75) is 42.6 Å². The Morgan fingerprint density at radius 2 is 2.07 bits per heavy atom. The van der Waals surface area contributed by atoms with Crippen molar-refractivity contribution in [3.05, 3.63) is 60.9 Å². The van der Waals surface area contributed by atoms with Crippen molar-refractivity contribution < 1.29 is 4.79 Å². The molecule has 1 heterocycles. The van der Waals surface area contributed by atoms with Gasteiger partial charge in [0.15, 0.2) is 5.16 Å². The van der Waals surface area contributed by atoms with Gasteiger partial charge in [-0.2, -0.15) is 0 Å². The molecule has 1 atom stereocenters. The molecule has 5 nitrogen and oxygen atoms in total. The molecule has 138 valence electrons. The first-order valence-corrected chi connectivity index (χ1v) is 10.0. The third kappa shape index (κ3) is 3.76. The minimum Gasteiger partial charge on any atom is -0.325 e. The number of carbonyl (C=O) groups excluding carboxylic acids is 1. The summed E-state index contributed by atoms with van der Waals surface area (Å²) >= 11 is 1.44. The van der Waals surface area contributed by atoms with E-state index >= 15 is 0 Å². The first kappa shape index (κ1) is 17.8. The minimum atomic E-state index is -0.288. The predicted octanol–water partition coefficient (Wildman–Crippen LogP) is 4.61.